The summed E-state index contributed by atoms with van der Waals surface area (Å²) in [4.78, 5) is 12.0. The quantitative estimate of drug-likeness (QED) is 0.842. The monoisotopic (exact) mass is 317 g/mol. The standard InChI is InChI=1S/C13H17BrClNO/c1-9-4-5-10(11(14)6-9)12(17)16-8-13(2,3)7-15/h4-6H,7-8H2,1-3H3,(H,16,17). The number of hydrogen-bond acceptors (Lipinski definition) is 1. The molecule has 1 N–H and O–H groups in total. The first-order valence-electron chi connectivity index (χ1n) is 5.46. The van der Waals surface area contributed by atoms with Crippen LogP contribution in [0.25, 0.3) is 0 Å². The van der Waals surface area contributed by atoms with Crippen LogP contribution in [-0.2, 0) is 0 Å². The fourth-order valence-corrected chi connectivity index (χ4v) is 2.03. The number of benzene rings is 1. The molecule has 0 spiro atoms. The van der Waals surface area contributed by atoms with Gasteiger partial charge in [0, 0.05) is 16.9 Å². The second-order valence-corrected chi connectivity index (χ2v) is 6.09. The molecule has 0 aliphatic rings. The predicted octanol–water partition coefficient (Wildman–Crippen LogP) is 3.75. The van der Waals surface area contributed by atoms with Crippen LogP contribution in [0.1, 0.15) is 29.8 Å². The fraction of sp³-hybridized carbons (Fsp3) is 0.462. The fourth-order valence-electron chi connectivity index (χ4n) is 1.27. The first-order valence-corrected chi connectivity index (χ1v) is 6.79. The van der Waals surface area contributed by atoms with Crippen LogP contribution in [0.2, 0.25) is 0 Å². The summed E-state index contributed by atoms with van der Waals surface area (Å²) in [5.41, 5.74) is 1.68. The van der Waals surface area contributed by atoms with Gasteiger partial charge < -0.3 is 5.32 Å². The second kappa shape index (κ2) is 5.87. The van der Waals surface area contributed by atoms with Gasteiger partial charge in [0.2, 0.25) is 0 Å². The molecule has 0 bridgehead atoms. The molecule has 94 valence electrons. The van der Waals surface area contributed by atoms with Crippen LogP contribution in [0.5, 0.6) is 0 Å². The molecular weight excluding hydrogens is 302 g/mol. The van der Waals surface area contributed by atoms with Crippen LogP contribution >= 0.6 is 27.5 Å². The lowest BCUT2D eigenvalue weighted by atomic mass is 9.96. The SMILES string of the molecule is Cc1ccc(C(=O)NCC(C)(C)CCl)c(Br)c1. The third-order valence-electron chi connectivity index (χ3n) is 2.46. The van der Waals surface area contributed by atoms with Gasteiger partial charge in [0.05, 0.1) is 5.56 Å². The Balaban J connectivity index is 2.71. The summed E-state index contributed by atoms with van der Waals surface area (Å²) in [5.74, 6) is 0.442. The van der Waals surface area contributed by atoms with E-state index in [0.717, 1.165) is 10.0 Å². The van der Waals surface area contributed by atoms with E-state index in [0.29, 0.717) is 18.0 Å². The van der Waals surface area contributed by atoms with E-state index in [1.165, 1.54) is 0 Å². The first kappa shape index (κ1) is 14.5. The Morgan fingerprint density at radius 2 is 2.12 bits per heavy atom. The van der Waals surface area contributed by atoms with Gasteiger partial charge in [-0.1, -0.05) is 19.9 Å². The van der Waals surface area contributed by atoms with Gasteiger partial charge >= 0.3 is 0 Å². The van der Waals surface area contributed by atoms with E-state index < -0.39 is 0 Å². The largest absolute Gasteiger partial charge is 0.351 e. The Kier molecular flexibility index (Phi) is 5.02. The smallest absolute Gasteiger partial charge is 0.252 e. The van der Waals surface area contributed by atoms with Crippen LogP contribution in [-0.4, -0.2) is 18.3 Å². The molecule has 17 heavy (non-hydrogen) atoms. The number of carbonyl (C=O) groups excluding carboxylic acids is 1. The number of carbonyl (C=O) groups is 1. The minimum Gasteiger partial charge on any atom is -0.351 e. The van der Waals surface area contributed by atoms with Gasteiger partial charge in [-0.15, -0.1) is 11.6 Å². The molecule has 1 aromatic rings. The van der Waals surface area contributed by atoms with Crippen molar-refractivity contribution in [3.8, 4) is 0 Å². The summed E-state index contributed by atoms with van der Waals surface area (Å²) in [5, 5.41) is 2.90. The van der Waals surface area contributed by atoms with E-state index in [9.17, 15) is 4.79 Å². The number of nitrogens with one attached hydrogen (secondary N) is 1. The number of amides is 1. The Hall–Kier alpha value is -0.540. The van der Waals surface area contributed by atoms with Crippen molar-refractivity contribution in [2.45, 2.75) is 20.8 Å². The van der Waals surface area contributed by atoms with Crippen LogP contribution < -0.4 is 5.32 Å². The zero-order valence-electron chi connectivity index (χ0n) is 10.3. The highest BCUT2D eigenvalue weighted by Crippen LogP contribution is 2.19. The van der Waals surface area contributed by atoms with Gasteiger partial charge in [-0.05, 0) is 46.0 Å². The molecule has 0 saturated carbocycles. The third-order valence-corrected chi connectivity index (χ3v) is 3.84. The van der Waals surface area contributed by atoms with Crippen LogP contribution in [0.15, 0.2) is 22.7 Å². The summed E-state index contributed by atoms with van der Waals surface area (Å²) < 4.78 is 0.818. The van der Waals surface area contributed by atoms with Gasteiger partial charge in [-0.25, -0.2) is 0 Å². The van der Waals surface area contributed by atoms with E-state index in [1.807, 2.05) is 39.0 Å². The third kappa shape index (κ3) is 4.32. The zero-order chi connectivity index (χ0) is 13.1. The normalized spacial score (nSPS) is 11.4. The van der Waals surface area contributed by atoms with Crippen molar-refractivity contribution in [2.24, 2.45) is 5.41 Å². The summed E-state index contributed by atoms with van der Waals surface area (Å²) in [6.45, 7) is 6.59. The lowest BCUT2D eigenvalue weighted by Crippen LogP contribution is -2.35. The Labute approximate surface area is 116 Å². The number of hydrogen-bond donors (Lipinski definition) is 1. The highest BCUT2D eigenvalue weighted by Gasteiger charge is 2.18. The molecule has 4 heteroatoms. The van der Waals surface area contributed by atoms with E-state index in [4.69, 9.17) is 11.6 Å². The van der Waals surface area contributed by atoms with Crippen molar-refractivity contribution in [2.75, 3.05) is 12.4 Å². The lowest BCUT2D eigenvalue weighted by molar-refractivity contribution is 0.0939. The Morgan fingerprint density at radius 3 is 2.65 bits per heavy atom. The van der Waals surface area contributed by atoms with Gasteiger partial charge in [0.25, 0.3) is 5.91 Å². The molecule has 0 fully saturated rings. The van der Waals surface area contributed by atoms with Gasteiger partial charge in [0.1, 0.15) is 0 Å². The summed E-state index contributed by atoms with van der Waals surface area (Å²) in [7, 11) is 0. The molecule has 0 heterocycles. The number of aryl methyl sites for hydroxylation is 1. The first-order chi connectivity index (χ1) is 7.85. The maximum atomic E-state index is 12.0. The van der Waals surface area contributed by atoms with Crippen molar-refractivity contribution in [1.29, 1.82) is 0 Å². The molecule has 0 aliphatic carbocycles. The van der Waals surface area contributed by atoms with Crippen LogP contribution in [0.3, 0.4) is 0 Å². The highest BCUT2D eigenvalue weighted by atomic mass is 79.9. The molecule has 1 amide bonds. The van der Waals surface area contributed by atoms with Gasteiger partial charge in [-0.3, -0.25) is 4.79 Å². The van der Waals surface area contributed by atoms with E-state index in [-0.39, 0.29) is 11.3 Å². The van der Waals surface area contributed by atoms with Crippen LogP contribution in [0.4, 0.5) is 0 Å². The average Bonchev–Trinajstić information content (AvgIpc) is 2.26. The van der Waals surface area contributed by atoms with Crippen molar-refractivity contribution in [1.82, 2.24) is 5.32 Å². The molecule has 1 aromatic carbocycles. The summed E-state index contributed by atoms with van der Waals surface area (Å²) >= 11 is 9.21. The molecule has 0 unspecified atom stereocenters. The second-order valence-electron chi connectivity index (χ2n) is 4.96. The molecule has 1 rings (SSSR count). The molecule has 2 nitrogen and oxygen atoms in total. The molecule has 0 aromatic heterocycles. The number of halogens is 2. The Morgan fingerprint density at radius 1 is 1.47 bits per heavy atom. The van der Waals surface area contributed by atoms with E-state index in [2.05, 4.69) is 21.2 Å². The molecule has 0 atom stereocenters. The van der Waals surface area contributed by atoms with Crippen molar-refractivity contribution < 1.29 is 4.79 Å². The van der Waals surface area contributed by atoms with Crippen molar-refractivity contribution in [3.05, 3.63) is 33.8 Å². The lowest BCUT2D eigenvalue weighted by Gasteiger charge is -2.21. The summed E-state index contributed by atoms with van der Waals surface area (Å²) in [6.07, 6.45) is 0. The highest BCUT2D eigenvalue weighted by molar-refractivity contribution is 9.10. The zero-order valence-corrected chi connectivity index (χ0v) is 12.7. The van der Waals surface area contributed by atoms with Crippen LogP contribution in [0, 0.1) is 12.3 Å². The van der Waals surface area contributed by atoms with Gasteiger partial charge in [-0.2, -0.15) is 0 Å². The molecule has 0 saturated heterocycles. The number of rotatable bonds is 4. The average molecular weight is 319 g/mol. The minimum atomic E-state index is -0.0889. The van der Waals surface area contributed by atoms with Crippen molar-refractivity contribution >= 4 is 33.4 Å². The molecule has 0 aliphatic heterocycles. The maximum Gasteiger partial charge on any atom is 0.252 e. The topological polar surface area (TPSA) is 29.1 Å². The van der Waals surface area contributed by atoms with Gasteiger partial charge in [0.15, 0.2) is 0 Å². The summed E-state index contributed by atoms with van der Waals surface area (Å²) in [6, 6.07) is 5.68. The van der Waals surface area contributed by atoms with Crippen molar-refractivity contribution in [3.63, 3.8) is 0 Å². The van der Waals surface area contributed by atoms with E-state index >= 15 is 0 Å². The van der Waals surface area contributed by atoms with E-state index in [1.54, 1.807) is 0 Å². The molecular formula is C13H17BrClNO. The molecule has 0 radical (unpaired) electrons. The Bertz CT molecular complexity index is 418. The minimum absolute atomic E-state index is 0.0740. The number of alkyl halides is 1. The maximum absolute atomic E-state index is 12.0. The predicted molar refractivity (Wildman–Crippen MR) is 75.7 cm³/mol.